The molecule has 0 aromatic rings. The standard InChI is InChI=1S/C20H37BO5/c1-2-3-4-5-6-7-8-9-10-11-12-13-18(22)24-16-20(17-25-21)15-14-19(23)26-20/h2-17,21H2,1H3. The highest BCUT2D eigenvalue weighted by Gasteiger charge is 2.41. The summed E-state index contributed by atoms with van der Waals surface area (Å²) in [7, 11) is 1.56. The van der Waals surface area contributed by atoms with Crippen molar-refractivity contribution in [3.63, 3.8) is 0 Å². The summed E-state index contributed by atoms with van der Waals surface area (Å²) in [5.41, 5.74) is -0.779. The van der Waals surface area contributed by atoms with Gasteiger partial charge in [-0.3, -0.25) is 9.59 Å². The number of esters is 2. The first-order chi connectivity index (χ1) is 12.6. The smallest absolute Gasteiger partial charge is 0.306 e. The second-order valence-corrected chi connectivity index (χ2v) is 7.54. The minimum Gasteiger partial charge on any atom is -0.461 e. The largest absolute Gasteiger partial charge is 0.461 e. The van der Waals surface area contributed by atoms with Crippen molar-refractivity contribution in [1.29, 1.82) is 0 Å². The summed E-state index contributed by atoms with van der Waals surface area (Å²) in [6.45, 7) is 2.62. The van der Waals surface area contributed by atoms with E-state index in [9.17, 15) is 9.59 Å². The molecule has 150 valence electrons. The summed E-state index contributed by atoms with van der Waals surface area (Å²) in [4.78, 5) is 23.2. The van der Waals surface area contributed by atoms with Crippen molar-refractivity contribution < 1.29 is 23.7 Å². The minimum atomic E-state index is -0.779. The molecule has 0 bridgehead atoms. The van der Waals surface area contributed by atoms with Gasteiger partial charge in [-0.25, -0.2) is 0 Å². The number of cyclic esters (lactones) is 1. The number of hydrogen-bond acceptors (Lipinski definition) is 5. The summed E-state index contributed by atoms with van der Waals surface area (Å²) in [6, 6.07) is 0. The van der Waals surface area contributed by atoms with E-state index in [4.69, 9.17) is 14.1 Å². The van der Waals surface area contributed by atoms with Crippen LogP contribution in [0.2, 0.25) is 0 Å². The minimum absolute atomic E-state index is 0.101. The van der Waals surface area contributed by atoms with Crippen LogP contribution in [0, 0.1) is 0 Å². The van der Waals surface area contributed by atoms with Crippen molar-refractivity contribution >= 4 is 20.0 Å². The van der Waals surface area contributed by atoms with Gasteiger partial charge in [-0.1, -0.05) is 71.1 Å². The second kappa shape index (κ2) is 14.1. The molecule has 6 heteroatoms. The van der Waals surface area contributed by atoms with Crippen LogP contribution in [-0.4, -0.2) is 38.8 Å². The first kappa shape index (κ1) is 23.0. The third-order valence-corrected chi connectivity index (χ3v) is 5.00. The molecule has 1 atom stereocenters. The number of ether oxygens (including phenoxy) is 2. The molecule has 1 aliphatic rings. The molecular weight excluding hydrogens is 331 g/mol. The van der Waals surface area contributed by atoms with Gasteiger partial charge in [-0.2, -0.15) is 0 Å². The molecule has 0 spiro atoms. The van der Waals surface area contributed by atoms with Crippen molar-refractivity contribution in [1.82, 2.24) is 0 Å². The van der Waals surface area contributed by atoms with E-state index in [1.807, 2.05) is 0 Å². The number of carbonyl (C=O) groups excluding carboxylic acids is 2. The molecule has 0 N–H and O–H groups in total. The fourth-order valence-corrected chi connectivity index (χ4v) is 3.40. The molecule has 1 heterocycles. The van der Waals surface area contributed by atoms with Crippen LogP contribution in [0.4, 0.5) is 0 Å². The summed E-state index contributed by atoms with van der Waals surface area (Å²) in [6.07, 6.45) is 15.2. The molecule has 0 aromatic carbocycles. The maximum absolute atomic E-state index is 11.9. The average Bonchev–Trinajstić information content (AvgIpc) is 2.99. The lowest BCUT2D eigenvalue weighted by Crippen LogP contribution is -2.40. The molecule has 1 aliphatic heterocycles. The molecule has 0 saturated carbocycles. The van der Waals surface area contributed by atoms with Crippen molar-refractivity contribution in [3.05, 3.63) is 0 Å². The Kier molecular flexibility index (Phi) is 12.5. The Balaban J connectivity index is 1.97. The highest BCUT2D eigenvalue weighted by molar-refractivity contribution is 5.98. The van der Waals surface area contributed by atoms with Gasteiger partial charge >= 0.3 is 11.9 Å². The number of unbranched alkanes of at least 4 members (excludes halogenated alkanes) is 10. The highest BCUT2D eigenvalue weighted by Crippen LogP contribution is 2.27. The zero-order valence-electron chi connectivity index (χ0n) is 16.9. The predicted octanol–water partition coefficient (Wildman–Crippen LogP) is 3.87. The van der Waals surface area contributed by atoms with E-state index >= 15 is 0 Å². The maximum Gasteiger partial charge on any atom is 0.306 e. The van der Waals surface area contributed by atoms with Gasteiger partial charge in [0.2, 0.25) is 0 Å². The topological polar surface area (TPSA) is 61.8 Å². The second-order valence-electron chi connectivity index (χ2n) is 7.54. The molecular formula is C20H37BO5. The summed E-state index contributed by atoms with van der Waals surface area (Å²) in [5.74, 6) is -0.456. The molecule has 1 rings (SSSR count). The third kappa shape index (κ3) is 10.2. The third-order valence-electron chi connectivity index (χ3n) is 5.00. The van der Waals surface area contributed by atoms with Crippen molar-refractivity contribution in [2.45, 2.75) is 102 Å². The van der Waals surface area contributed by atoms with Gasteiger partial charge in [-0.05, 0) is 6.42 Å². The molecule has 1 saturated heterocycles. The number of carbonyl (C=O) groups is 2. The van der Waals surface area contributed by atoms with Crippen LogP contribution in [-0.2, 0) is 23.7 Å². The van der Waals surface area contributed by atoms with Gasteiger partial charge in [0.15, 0.2) is 5.60 Å². The predicted molar refractivity (Wildman–Crippen MR) is 105 cm³/mol. The molecule has 0 radical (unpaired) electrons. The molecule has 0 amide bonds. The van der Waals surface area contributed by atoms with Gasteiger partial charge in [0.05, 0.1) is 6.61 Å². The van der Waals surface area contributed by atoms with Crippen LogP contribution in [0.15, 0.2) is 0 Å². The van der Waals surface area contributed by atoms with Gasteiger partial charge in [-0.15, -0.1) is 0 Å². The van der Waals surface area contributed by atoms with Crippen LogP contribution in [0.5, 0.6) is 0 Å². The van der Waals surface area contributed by atoms with E-state index < -0.39 is 5.60 Å². The van der Waals surface area contributed by atoms with Gasteiger partial charge in [0.25, 0.3) is 8.05 Å². The van der Waals surface area contributed by atoms with Crippen LogP contribution in [0.1, 0.15) is 96.8 Å². The van der Waals surface area contributed by atoms with E-state index in [-0.39, 0.29) is 25.2 Å². The first-order valence-electron chi connectivity index (χ1n) is 10.5. The van der Waals surface area contributed by atoms with E-state index in [0.717, 1.165) is 12.8 Å². The normalized spacial score (nSPS) is 19.5. The van der Waals surface area contributed by atoms with Crippen molar-refractivity contribution in [2.24, 2.45) is 0 Å². The van der Waals surface area contributed by atoms with Gasteiger partial charge < -0.3 is 14.1 Å². The van der Waals surface area contributed by atoms with E-state index in [1.165, 1.54) is 57.8 Å². The number of rotatable bonds is 16. The molecule has 0 aromatic heterocycles. The SMILES string of the molecule is BOCC1(COC(=O)CCCCCCCCCCCCC)CCC(=O)O1. The molecule has 26 heavy (non-hydrogen) atoms. The van der Waals surface area contributed by atoms with Gasteiger partial charge in [0.1, 0.15) is 6.61 Å². The van der Waals surface area contributed by atoms with E-state index in [1.54, 1.807) is 8.05 Å². The zero-order valence-corrected chi connectivity index (χ0v) is 16.9. The van der Waals surface area contributed by atoms with E-state index in [2.05, 4.69) is 6.92 Å². The molecule has 1 unspecified atom stereocenters. The Morgan fingerprint density at radius 3 is 2.08 bits per heavy atom. The first-order valence-corrected chi connectivity index (χ1v) is 10.5. The molecule has 5 nitrogen and oxygen atoms in total. The Morgan fingerprint density at radius 1 is 1.00 bits per heavy atom. The maximum atomic E-state index is 11.9. The Labute approximate surface area is 160 Å². The fourth-order valence-electron chi connectivity index (χ4n) is 3.40. The van der Waals surface area contributed by atoms with Crippen LogP contribution in [0.3, 0.4) is 0 Å². The number of hydrogen-bond donors (Lipinski definition) is 0. The summed E-state index contributed by atoms with van der Waals surface area (Å²) in [5, 5.41) is 0. The lowest BCUT2D eigenvalue weighted by molar-refractivity contribution is -0.165. The molecule has 1 fully saturated rings. The van der Waals surface area contributed by atoms with Crippen LogP contribution >= 0.6 is 0 Å². The molecule has 0 aliphatic carbocycles. The van der Waals surface area contributed by atoms with E-state index in [0.29, 0.717) is 19.3 Å². The fraction of sp³-hybridized carbons (Fsp3) is 0.900. The Morgan fingerprint density at radius 2 is 1.58 bits per heavy atom. The Bertz CT molecular complexity index is 402. The lowest BCUT2D eigenvalue weighted by Gasteiger charge is -2.26. The summed E-state index contributed by atoms with van der Waals surface area (Å²) >= 11 is 0. The quantitative estimate of drug-likeness (QED) is 0.235. The van der Waals surface area contributed by atoms with Gasteiger partial charge in [0, 0.05) is 19.3 Å². The lowest BCUT2D eigenvalue weighted by atomic mass is 10.0. The average molecular weight is 368 g/mol. The van der Waals surface area contributed by atoms with Crippen molar-refractivity contribution in [3.8, 4) is 0 Å². The van der Waals surface area contributed by atoms with Crippen LogP contribution < -0.4 is 0 Å². The monoisotopic (exact) mass is 368 g/mol. The summed E-state index contributed by atoms with van der Waals surface area (Å²) < 4.78 is 15.7. The van der Waals surface area contributed by atoms with Crippen molar-refractivity contribution in [2.75, 3.05) is 13.2 Å². The zero-order chi connectivity index (χ0) is 19.1. The highest BCUT2D eigenvalue weighted by atomic mass is 16.6. The Hall–Kier alpha value is -1.04. The van der Waals surface area contributed by atoms with Crippen LogP contribution in [0.25, 0.3) is 0 Å².